The molecule has 10 heavy (non-hydrogen) atoms. The number of rotatable bonds is 2. The minimum atomic E-state index is -0.833. The SMILES string of the molecule is CC(=O)O.C[CH2][Zr][C](C)=O. The van der Waals surface area contributed by atoms with E-state index >= 15 is 0 Å². The summed E-state index contributed by atoms with van der Waals surface area (Å²) in [7, 11) is 0. The Bertz CT molecular complexity index is 108. The molecule has 0 saturated heterocycles. The molecule has 0 radical (unpaired) electrons. The molecule has 0 aliphatic rings. The van der Waals surface area contributed by atoms with Crippen molar-refractivity contribution in [3.05, 3.63) is 0 Å². The van der Waals surface area contributed by atoms with E-state index < -0.39 is 29.2 Å². The molecule has 0 aromatic rings. The van der Waals surface area contributed by atoms with E-state index in [1.165, 1.54) is 0 Å². The van der Waals surface area contributed by atoms with Crippen molar-refractivity contribution < 1.29 is 37.9 Å². The maximum atomic E-state index is 10.1. The molecule has 0 bridgehead atoms. The molecule has 0 spiro atoms. The van der Waals surface area contributed by atoms with Gasteiger partial charge in [-0.2, -0.15) is 0 Å². The fourth-order valence-electron chi connectivity index (χ4n) is 0.249. The first kappa shape index (κ1) is 12.7. The summed E-state index contributed by atoms with van der Waals surface area (Å²) < 4.78 is 1.61. The Labute approximate surface area is 72.4 Å². The molecule has 0 atom stereocenters. The van der Waals surface area contributed by atoms with Gasteiger partial charge in [-0.25, -0.2) is 0 Å². The van der Waals surface area contributed by atoms with Gasteiger partial charge in [0.05, 0.1) is 0 Å². The van der Waals surface area contributed by atoms with Crippen molar-refractivity contribution in [3.63, 3.8) is 0 Å². The van der Waals surface area contributed by atoms with E-state index in [0.29, 0.717) is 3.49 Å². The van der Waals surface area contributed by atoms with Crippen LogP contribution in [0.25, 0.3) is 0 Å². The van der Waals surface area contributed by atoms with Crippen LogP contribution in [0.5, 0.6) is 0 Å². The van der Waals surface area contributed by atoms with E-state index in [9.17, 15) is 4.79 Å². The second kappa shape index (κ2) is 9.02. The Morgan fingerprint density at radius 1 is 1.40 bits per heavy atom. The van der Waals surface area contributed by atoms with Crippen molar-refractivity contribution >= 4 is 9.46 Å². The Morgan fingerprint density at radius 2 is 1.70 bits per heavy atom. The van der Waals surface area contributed by atoms with Crippen LogP contribution in [0.1, 0.15) is 20.8 Å². The predicted molar refractivity (Wildman–Crippen MR) is 34.5 cm³/mol. The Morgan fingerprint density at radius 3 is 1.70 bits per heavy atom. The van der Waals surface area contributed by atoms with Crippen LogP contribution in [-0.4, -0.2) is 14.6 Å². The number of hydrogen-bond donors (Lipinski definition) is 1. The van der Waals surface area contributed by atoms with Crippen molar-refractivity contribution in [3.8, 4) is 0 Å². The topological polar surface area (TPSA) is 54.4 Å². The molecule has 0 aromatic heterocycles. The quantitative estimate of drug-likeness (QED) is 0.764. The molecule has 0 aromatic carbocycles. The third-order valence-corrected chi connectivity index (χ3v) is 2.52. The second-order valence-electron chi connectivity index (χ2n) is 1.61. The molecule has 0 saturated carbocycles. The molecule has 58 valence electrons. The molecular formula is C6H12O3Zr. The van der Waals surface area contributed by atoms with Gasteiger partial charge in [0, 0.05) is 6.92 Å². The molecule has 0 fully saturated rings. The van der Waals surface area contributed by atoms with Crippen molar-refractivity contribution in [2.45, 2.75) is 24.9 Å². The Hall–Kier alpha value is 0.0231. The van der Waals surface area contributed by atoms with E-state index in [4.69, 9.17) is 9.90 Å². The van der Waals surface area contributed by atoms with E-state index in [1.54, 1.807) is 6.92 Å². The van der Waals surface area contributed by atoms with Crippen molar-refractivity contribution in [1.29, 1.82) is 0 Å². The number of carboxylic acid groups (broad SMARTS) is 1. The van der Waals surface area contributed by atoms with Crippen LogP contribution in [0.15, 0.2) is 0 Å². The third-order valence-electron chi connectivity index (χ3n) is 0.426. The van der Waals surface area contributed by atoms with Gasteiger partial charge in [-0.05, 0) is 0 Å². The van der Waals surface area contributed by atoms with E-state index in [1.807, 2.05) is 0 Å². The van der Waals surface area contributed by atoms with Crippen molar-refractivity contribution in [1.82, 2.24) is 0 Å². The summed E-state index contributed by atoms with van der Waals surface area (Å²) in [4.78, 5) is 19.1. The average molecular weight is 223 g/mol. The molecule has 0 heterocycles. The Balaban J connectivity index is 0. The number of hydrogen-bond acceptors (Lipinski definition) is 2. The minimum absolute atomic E-state index is 0.459. The maximum absolute atomic E-state index is 10.1. The zero-order valence-corrected chi connectivity index (χ0v) is 8.93. The fraction of sp³-hybridized carbons (Fsp3) is 0.667. The second-order valence-corrected chi connectivity index (χ2v) is 5.94. The average Bonchev–Trinajstić information content (AvgIpc) is 1.62. The first-order valence-corrected chi connectivity index (χ1v) is 5.91. The molecular weight excluding hydrogens is 211 g/mol. The fourth-order valence-corrected chi connectivity index (χ4v) is 1.47. The van der Waals surface area contributed by atoms with Gasteiger partial charge >= 0.3 is 49.5 Å². The van der Waals surface area contributed by atoms with Gasteiger partial charge in [0.2, 0.25) is 0 Å². The Kier molecular flexibility index (Phi) is 11.4. The van der Waals surface area contributed by atoms with Gasteiger partial charge in [-0.1, -0.05) is 0 Å². The summed E-state index contributed by atoms with van der Waals surface area (Å²) in [6.45, 7) is 4.85. The number of carboxylic acids is 1. The third kappa shape index (κ3) is 43.3. The van der Waals surface area contributed by atoms with Crippen molar-refractivity contribution in [2.24, 2.45) is 0 Å². The number of carbonyl (C=O) groups is 2. The van der Waals surface area contributed by atoms with Gasteiger partial charge < -0.3 is 5.11 Å². The molecule has 3 nitrogen and oxygen atoms in total. The monoisotopic (exact) mass is 222 g/mol. The van der Waals surface area contributed by atoms with Crippen LogP contribution in [0.2, 0.25) is 4.13 Å². The summed E-state index contributed by atoms with van der Waals surface area (Å²) in [5.74, 6) is -0.833. The van der Waals surface area contributed by atoms with E-state index in [0.717, 1.165) is 11.1 Å². The van der Waals surface area contributed by atoms with Gasteiger partial charge in [0.15, 0.2) is 0 Å². The van der Waals surface area contributed by atoms with Crippen LogP contribution < -0.4 is 0 Å². The van der Waals surface area contributed by atoms with Crippen LogP contribution in [-0.2, 0) is 32.8 Å². The zero-order valence-electron chi connectivity index (χ0n) is 6.47. The van der Waals surface area contributed by atoms with Gasteiger partial charge in [-0.3, -0.25) is 4.79 Å². The first-order chi connectivity index (χ1) is 4.50. The normalized spacial score (nSPS) is 7.10. The molecule has 0 amide bonds. The summed E-state index contributed by atoms with van der Waals surface area (Å²) >= 11 is -0.511. The molecule has 0 unspecified atom stereocenters. The predicted octanol–water partition coefficient (Wildman–Crippen LogP) is 1.14. The number of carbonyl (C=O) groups excluding carboxylic acids is 1. The standard InChI is InChI=1S/C2H4O2.C2H3O.C2H5.Zr/c1-2(3)4;1-2-3;1-2;/h1H3,(H,3,4);1H3;1H2,2H3;. The molecule has 4 heteroatoms. The van der Waals surface area contributed by atoms with Crippen LogP contribution in [0, 0.1) is 0 Å². The summed E-state index contributed by atoms with van der Waals surface area (Å²) in [6.07, 6.45) is 0. The first-order valence-electron chi connectivity index (χ1n) is 2.94. The van der Waals surface area contributed by atoms with Crippen LogP contribution >= 0.6 is 0 Å². The van der Waals surface area contributed by atoms with Gasteiger partial charge in [-0.15, -0.1) is 0 Å². The summed E-state index contributed by atoms with van der Waals surface area (Å²) in [5.41, 5.74) is 0. The molecule has 0 rings (SSSR count). The summed E-state index contributed by atoms with van der Waals surface area (Å²) in [6, 6.07) is 0. The molecule has 0 aliphatic carbocycles. The number of aliphatic carboxylic acids is 1. The van der Waals surface area contributed by atoms with E-state index in [-0.39, 0.29) is 0 Å². The van der Waals surface area contributed by atoms with E-state index in [2.05, 4.69) is 6.92 Å². The molecule has 0 aliphatic heterocycles. The zero-order chi connectivity index (χ0) is 8.57. The van der Waals surface area contributed by atoms with Crippen molar-refractivity contribution in [2.75, 3.05) is 0 Å². The summed E-state index contributed by atoms with van der Waals surface area (Å²) in [5, 5.41) is 7.42. The van der Waals surface area contributed by atoms with Crippen LogP contribution in [0.3, 0.4) is 0 Å². The van der Waals surface area contributed by atoms with Gasteiger partial charge in [0.1, 0.15) is 0 Å². The van der Waals surface area contributed by atoms with Crippen LogP contribution in [0.4, 0.5) is 0 Å². The van der Waals surface area contributed by atoms with Gasteiger partial charge in [0.25, 0.3) is 5.97 Å². The molecule has 1 N–H and O–H groups in total.